The molecular formula is C17H22N4O2S. The number of hydrogen-bond acceptors (Lipinski definition) is 5. The summed E-state index contributed by atoms with van der Waals surface area (Å²) in [6, 6.07) is 8.31. The third kappa shape index (κ3) is 3.73. The third-order valence-corrected chi connectivity index (χ3v) is 5.38. The van der Waals surface area contributed by atoms with E-state index < -0.39 is 0 Å². The molecule has 1 atom stereocenters. The van der Waals surface area contributed by atoms with Crippen LogP contribution in [0.25, 0.3) is 10.2 Å². The fourth-order valence-corrected chi connectivity index (χ4v) is 4.04. The van der Waals surface area contributed by atoms with E-state index >= 15 is 0 Å². The third-order valence-electron chi connectivity index (χ3n) is 4.24. The lowest BCUT2D eigenvalue weighted by Crippen LogP contribution is -2.41. The highest BCUT2D eigenvalue weighted by molar-refractivity contribution is 7.18. The van der Waals surface area contributed by atoms with Gasteiger partial charge in [-0.2, -0.15) is 0 Å². The number of rotatable bonds is 5. The maximum Gasteiger partial charge on any atom is 0.241 e. The summed E-state index contributed by atoms with van der Waals surface area (Å²) in [5, 5.41) is 3.78. The van der Waals surface area contributed by atoms with Gasteiger partial charge in [0.25, 0.3) is 0 Å². The first kappa shape index (κ1) is 16.9. The minimum absolute atomic E-state index is 0.0471. The van der Waals surface area contributed by atoms with Gasteiger partial charge in [0, 0.05) is 14.1 Å². The molecule has 1 aliphatic heterocycles. The Hall–Kier alpha value is -1.99. The molecule has 0 aliphatic carbocycles. The quantitative estimate of drug-likeness (QED) is 0.894. The van der Waals surface area contributed by atoms with Crippen LogP contribution in [0.3, 0.4) is 0 Å². The Balaban J connectivity index is 1.63. The minimum Gasteiger partial charge on any atom is -0.347 e. The van der Waals surface area contributed by atoms with E-state index in [9.17, 15) is 9.59 Å². The van der Waals surface area contributed by atoms with Crippen molar-refractivity contribution in [1.29, 1.82) is 0 Å². The van der Waals surface area contributed by atoms with Crippen LogP contribution in [-0.4, -0.2) is 60.3 Å². The molecule has 24 heavy (non-hydrogen) atoms. The number of fused-ring (bicyclic) bond motifs is 1. The van der Waals surface area contributed by atoms with Crippen LogP contribution < -0.4 is 5.32 Å². The summed E-state index contributed by atoms with van der Waals surface area (Å²) >= 11 is 1.70. The summed E-state index contributed by atoms with van der Waals surface area (Å²) in [5.41, 5.74) is 1.02. The summed E-state index contributed by atoms with van der Waals surface area (Å²) < 4.78 is 1.18. The van der Waals surface area contributed by atoms with Gasteiger partial charge in [-0.05, 0) is 31.5 Å². The molecule has 2 amide bonds. The summed E-state index contributed by atoms with van der Waals surface area (Å²) in [6.07, 6.45) is 2.08. The van der Waals surface area contributed by atoms with Crippen molar-refractivity contribution >= 4 is 33.4 Å². The van der Waals surface area contributed by atoms with Crippen LogP contribution in [0.5, 0.6) is 0 Å². The van der Waals surface area contributed by atoms with E-state index in [0.29, 0.717) is 6.54 Å². The van der Waals surface area contributed by atoms with Gasteiger partial charge >= 0.3 is 0 Å². The van der Waals surface area contributed by atoms with Crippen LogP contribution >= 0.6 is 11.3 Å². The SMILES string of the molecule is CN(C)C(=O)CNC(=O)CN1CCC[C@H]1c1nc2ccccc2s1. The maximum atomic E-state index is 12.1. The van der Waals surface area contributed by atoms with E-state index in [-0.39, 0.29) is 24.4 Å². The molecule has 0 spiro atoms. The molecular weight excluding hydrogens is 324 g/mol. The van der Waals surface area contributed by atoms with Crippen molar-refractivity contribution in [3.63, 3.8) is 0 Å². The lowest BCUT2D eigenvalue weighted by molar-refractivity contribution is -0.131. The van der Waals surface area contributed by atoms with Crippen LogP contribution in [-0.2, 0) is 9.59 Å². The van der Waals surface area contributed by atoms with Gasteiger partial charge in [0.1, 0.15) is 5.01 Å². The van der Waals surface area contributed by atoms with E-state index in [0.717, 1.165) is 29.9 Å². The Morgan fingerprint density at radius 2 is 2.17 bits per heavy atom. The molecule has 2 aromatic rings. The molecule has 0 bridgehead atoms. The normalized spacial score (nSPS) is 18.0. The Morgan fingerprint density at radius 3 is 2.92 bits per heavy atom. The zero-order valence-corrected chi connectivity index (χ0v) is 14.8. The molecule has 1 N–H and O–H groups in total. The first-order valence-corrected chi connectivity index (χ1v) is 8.92. The second-order valence-corrected chi connectivity index (χ2v) is 7.28. The van der Waals surface area contributed by atoms with Gasteiger partial charge in [0.15, 0.2) is 0 Å². The zero-order valence-electron chi connectivity index (χ0n) is 14.0. The molecule has 1 saturated heterocycles. The number of carbonyl (C=O) groups excluding carboxylic acids is 2. The van der Waals surface area contributed by atoms with Gasteiger partial charge in [0.2, 0.25) is 11.8 Å². The molecule has 1 fully saturated rings. The number of likely N-dealkylation sites (tertiary alicyclic amines) is 1. The highest BCUT2D eigenvalue weighted by atomic mass is 32.1. The summed E-state index contributed by atoms with van der Waals surface area (Å²) in [7, 11) is 3.36. The van der Waals surface area contributed by atoms with E-state index in [2.05, 4.69) is 16.3 Å². The zero-order chi connectivity index (χ0) is 17.1. The number of likely N-dealkylation sites (N-methyl/N-ethyl adjacent to an activating group) is 1. The highest BCUT2D eigenvalue weighted by Crippen LogP contribution is 2.36. The smallest absolute Gasteiger partial charge is 0.241 e. The average molecular weight is 346 g/mol. The second kappa shape index (κ2) is 7.27. The highest BCUT2D eigenvalue weighted by Gasteiger charge is 2.30. The predicted octanol–water partition coefficient (Wildman–Crippen LogP) is 1.64. The van der Waals surface area contributed by atoms with Gasteiger partial charge in [0.05, 0.1) is 29.3 Å². The first-order chi connectivity index (χ1) is 11.5. The number of benzene rings is 1. The van der Waals surface area contributed by atoms with Crippen molar-refractivity contribution in [1.82, 2.24) is 20.1 Å². The van der Waals surface area contributed by atoms with Crippen LogP contribution in [0.1, 0.15) is 23.9 Å². The van der Waals surface area contributed by atoms with Crippen molar-refractivity contribution in [3.8, 4) is 0 Å². The number of nitrogens with one attached hydrogen (secondary N) is 1. The Kier molecular flexibility index (Phi) is 5.11. The van der Waals surface area contributed by atoms with Gasteiger partial charge in [-0.15, -0.1) is 11.3 Å². The Bertz CT molecular complexity index is 710. The number of amides is 2. The van der Waals surface area contributed by atoms with E-state index in [1.807, 2.05) is 18.2 Å². The number of para-hydroxylation sites is 1. The molecule has 2 heterocycles. The van der Waals surface area contributed by atoms with E-state index in [4.69, 9.17) is 4.98 Å². The van der Waals surface area contributed by atoms with Crippen molar-refractivity contribution in [2.75, 3.05) is 33.7 Å². The van der Waals surface area contributed by atoms with Crippen molar-refractivity contribution in [3.05, 3.63) is 29.3 Å². The molecule has 0 unspecified atom stereocenters. The van der Waals surface area contributed by atoms with Crippen molar-refractivity contribution < 1.29 is 9.59 Å². The van der Waals surface area contributed by atoms with Crippen molar-refractivity contribution in [2.24, 2.45) is 0 Å². The standard InChI is InChI=1S/C17H22N4O2S/c1-20(2)16(23)10-18-15(22)11-21-9-5-7-13(21)17-19-12-6-3-4-8-14(12)24-17/h3-4,6,8,13H,5,7,9-11H2,1-2H3,(H,18,22)/t13-/m0/s1. The summed E-state index contributed by atoms with van der Waals surface area (Å²) in [4.78, 5) is 32.1. The Morgan fingerprint density at radius 1 is 1.38 bits per heavy atom. The average Bonchev–Trinajstić information content (AvgIpc) is 3.18. The number of thiazole rings is 1. The predicted molar refractivity (Wildman–Crippen MR) is 94.9 cm³/mol. The number of aromatic nitrogens is 1. The fraction of sp³-hybridized carbons (Fsp3) is 0.471. The lowest BCUT2D eigenvalue weighted by Gasteiger charge is -2.22. The van der Waals surface area contributed by atoms with Gasteiger partial charge in [-0.3, -0.25) is 14.5 Å². The molecule has 7 heteroatoms. The topological polar surface area (TPSA) is 65.5 Å². The van der Waals surface area contributed by atoms with E-state index in [1.54, 1.807) is 25.4 Å². The second-order valence-electron chi connectivity index (χ2n) is 6.21. The molecule has 128 valence electrons. The molecule has 3 rings (SSSR count). The van der Waals surface area contributed by atoms with Crippen molar-refractivity contribution in [2.45, 2.75) is 18.9 Å². The number of carbonyl (C=O) groups is 2. The van der Waals surface area contributed by atoms with Gasteiger partial charge < -0.3 is 10.2 Å². The van der Waals surface area contributed by atoms with Gasteiger partial charge in [-0.25, -0.2) is 4.98 Å². The molecule has 6 nitrogen and oxygen atoms in total. The number of nitrogens with zero attached hydrogens (tertiary/aromatic N) is 3. The monoisotopic (exact) mass is 346 g/mol. The van der Waals surface area contributed by atoms with Crippen LogP contribution in [0.2, 0.25) is 0 Å². The molecule has 1 aliphatic rings. The van der Waals surface area contributed by atoms with E-state index in [1.165, 1.54) is 9.60 Å². The van der Waals surface area contributed by atoms with Crippen LogP contribution in [0, 0.1) is 0 Å². The molecule has 0 saturated carbocycles. The molecule has 0 radical (unpaired) electrons. The first-order valence-electron chi connectivity index (χ1n) is 8.11. The maximum absolute atomic E-state index is 12.1. The minimum atomic E-state index is -0.113. The van der Waals surface area contributed by atoms with Crippen LogP contribution in [0.4, 0.5) is 0 Å². The molecule has 1 aromatic heterocycles. The summed E-state index contributed by atoms with van der Waals surface area (Å²) in [6.45, 7) is 1.24. The summed E-state index contributed by atoms with van der Waals surface area (Å²) in [5.74, 6) is -0.217. The Labute approximate surface area is 145 Å². The van der Waals surface area contributed by atoms with Crippen LogP contribution in [0.15, 0.2) is 24.3 Å². The van der Waals surface area contributed by atoms with Gasteiger partial charge in [-0.1, -0.05) is 12.1 Å². The fourth-order valence-electron chi connectivity index (χ4n) is 2.90. The number of hydrogen-bond donors (Lipinski definition) is 1. The largest absolute Gasteiger partial charge is 0.347 e. The molecule has 1 aromatic carbocycles. The lowest BCUT2D eigenvalue weighted by atomic mass is 10.2.